The van der Waals surface area contributed by atoms with Crippen molar-refractivity contribution in [2.45, 2.75) is 59.0 Å². The van der Waals surface area contributed by atoms with Crippen molar-refractivity contribution >= 4 is 12.0 Å². The Kier molecular flexibility index (Phi) is 7.44. The Hall–Kier alpha value is -2.11. The lowest BCUT2D eigenvalue weighted by atomic mass is 9.88. The van der Waals surface area contributed by atoms with Crippen LogP contribution in [0.3, 0.4) is 0 Å². The number of piperidine rings is 1. The molecule has 1 N–H and O–H groups in total. The summed E-state index contributed by atoms with van der Waals surface area (Å²) >= 11 is 0. The summed E-state index contributed by atoms with van der Waals surface area (Å²) in [5.74, 6) is 0.120. The standard InChI is InChI=1S/C22H33FN2O3/c1-15(2)19(16-6-8-18(23)9-7-16)14-24-20(26)17-10-12-25(13-11-17)21(27)28-22(3,4)5/h6-9,15,17,19H,10-14H2,1-5H3,(H,24,26). The molecule has 1 fully saturated rings. The number of carbonyl (C=O) groups excluding carboxylic acids is 2. The Balaban J connectivity index is 1.84. The van der Waals surface area contributed by atoms with E-state index in [4.69, 9.17) is 4.74 Å². The second kappa shape index (κ2) is 9.39. The molecule has 1 unspecified atom stereocenters. The number of benzene rings is 1. The Bertz CT molecular complexity index is 659. The van der Waals surface area contributed by atoms with E-state index in [9.17, 15) is 14.0 Å². The van der Waals surface area contributed by atoms with Crippen LogP contribution < -0.4 is 5.32 Å². The monoisotopic (exact) mass is 392 g/mol. The Morgan fingerprint density at radius 3 is 2.25 bits per heavy atom. The fraction of sp³-hybridized carbons (Fsp3) is 0.636. The van der Waals surface area contributed by atoms with Gasteiger partial charge in [-0.05, 0) is 57.2 Å². The third-order valence-corrected chi connectivity index (χ3v) is 5.12. The van der Waals surface area contributed by atoms with Crippen molar-refractivity contribution in [1.29, 1.82) is 0 Å². The molecule has 1 atom stereocenters. The van der Waals surface area contributed by atoms with Crippen LogP contribution in [0, 0.1) is 17.7 Å². The van der Waals surface area contributed by atoms with Crippen LogP contribution >= 0.6 is 0 Å². The van der Waals surface area contributed by atoms with Gasteiger partial charge in [-0.15, -0.1) is 0 Å². The number of halogens is 1. The van der Waals surface area contributed by atoms with Crippen LogP contribution in [-0.4, -0.2) is 42.1 Å². The molecule has 1 aromatic carbocycles. The summed E-state index contributed by atoms with van der Waals surface area (Å²) in [5.41, 5.74) is 0.508. The summed E-state index contributed by atoms with van der Waals surface area (Å²) < 4.78 is 18.6. The maximum absolute atomic E-state index is 13.2. The van der Waals surface area contributed by atoms with Crippen LogP contribution in [0.15, 0.2) is 24.3 Å². The summed E-state index contributed by atoms with van der Waals surface area (Å²) in [6.07, 6.45) is 0.949. The van der Waals surface area contributed by atoms with Gasteiger partial charge in [-0.3, -0.25) is 4.79 Å². The van der Waals surface area contributed by atoms with Crippen molar-refractivity contribution in [2.24, 2.45) is 11.8 Å². The fourth-order valence-corrected chi connectivity index (χ4v) is 3.45. The third-order valence-electron chi connectivity index (χ3n) is 5.12. The molecular formula is C22H33FN2O3. The first-order chi connectivity index (χ1) is 13.1. The van der Waals surface area contributed by atoms with Crippen molar-refractivity contribution in [1.82, 2.24) is 10.2 Å². The van der Waals surface area contributed by atoms with Crippen molar-refractivity contribution < 1.29 is 18.7 Å². The molecule has 1 aliphatic heterocycles. The molecule has 2 amide bonds. The number of amides is 2. The Morgan fingerprint density at radius 2 is 1.75 bits per heavy atom. The van der Waals surface area contributed by atoms with Crippen molar-refractivity contribution in [2.75, 3.05) is 19.6 Å². The van der Waals surface area contributed by atoms with E-state index in [2.05, 4.69) is 19.2 Å². The summed E-state index contributed by atoms with van der Waals surface area (Å²) in [4.78, 5) is 26.4. The average Bonchev–Trinajstić information content (AvgIpc) is 2.61. The van der Waals surface area contributed by atoms with E-state index in [1.807, 2.05) is 20.8 Å². The van der Waals surface area contributed by atoms with E-state index in [1.165, 1.54) is 12.1 Å². The molecule has 0 aromatic heterocycles. The number of rotatable bonds is 5. The van der Waals surface area contributed by atoms with Crippen molar-refractivity contribution in [3.05, 3.63) is 35.6 Å². The van der Waals surface area contributed by atoms with Crippen LogP contribution in [0.4, 0.5) is 9.18 Å². The molecule has 0 saturated carbocycles. The normalized spacial score (nSPS) is 16.8. The molecule has 0 radical (unpaired) electrons. The highest BCUT2D eigenvalue weighted by Crippen LogP contribution is 2.25. The summed E-state index contributed by atoms with van der Waals surface area (Å²) in [5, 5.41) is 3.06. The first-order valence-electron chi connectivity index (χ1n) is 10.1. The minimum atomic E-state index is -0.516. The fourth-order valence-electron chi connectivity index (χ4n) is 3.45. The molecule has 5 nitrogen and oxygen atoms in total. The quantitative estimate of drug-likeness (QED) is 0.811. The third kappa shape index (κ3) is 6.50. The molecule has 156 valence electrons. The largest absolute Gasteiger partial charge is 0.444 e. The average molecular weight is 393 g/mol. The van der Waals surface area contributed by atoms with Crippen LogP contribution in [-0.2, 0) is 9.53 Å². The second-order valence-electron chi connectivity index (χ2n) is 8.89. The molecule has 1 heterocycles. The highest BCUT2D eigenvalue weighted by Gasteiger charge is 2.30. The summed E-state index contributed by atoms with van der Waals surface area (Å²) in [6, 6.07) is 6.48. The van der Waals surface area contributed by atoms with Crippen molar-refractivity contribution in [3.63, 3.8) is 0 Å². The molecule has 28 heavy (non-hydrogen) atoms. The number of hydrogen-bond acceptors (Lipinski definition) is 3. The van der Waals surface area contributed by atoms with Gasteiger partial charge in [0.05, 0.1) is 0 Å². The number of nitrogens with one attached hydrogen (secondary N) is 1. The molecule has 1 aliphatic rings. The van der Waals surface area contributed by atoms with Gasteiger partial charge in [0, 0.05) is 31.5 Å². The number of likely N-dealkylation sites (tertiary alicyclic amines) is 1. The maximum atomic E-state index is 13.2. The molecule has 0 aliphatic carbocycles. The van der Waals surface area contributed by atoms with Crippen LogP contribution in [0.2, 0.25) is 0 Å². The minimum Gasteiger partial charge on any atom is -0.444 e. The lowest BCUT2D eigenvalue weighted by Gasteiger charge is -2.33. The van der Waals surface area contributed by atoms with E-state index in [-0.39, 0.29) is 29.7 Å². The van der Waals surface area contributed by atoms with Gasteiger partial charge < -0.3 is 15.0 Å². The summed E-state index contributed by atoms with van der Waals surface area (Å²) in [7, 11) is 0. The SMILES string of the molecule is CC(C)C(CNC(=O)C1CCN(C(=O)OC(C)(C)C)CC1)c1ccc(F)cc1. The van der Waals surface area contributed by atoms with Crippen LogP contribution in [0.5, 0.6) is 0 Å². The molecule has 0 bridgehead atoms. The highest BCUT2D eigenvalue weighted by atomic mass is 19.1. The van der Waals surface area contributed by atoms with E-state index < -0.39 is 5.60 Å². The van der Waals surface area contributed by atoms with Gasteiger partial charge in [0.1, 0.15) is 11.4 Å². The number of hydrogen-bond donors (Lipinski definition) is 1. The van der Waals surface area contributed by atoms with Gasteiger partial charge in [0.2, 0.25) is 5.91 Å². The molecule has 0 spiro atoms. The second-order valence-corrected chi connectivity index (χ2v) is 8.89. The molecular weight excluding hydrogens is 359 g/mol. The molecule has 6 heteroatoms. The number of nitrogens with zero attached hydrogens (tertiary/aromatic N) is 1. The number of carbonyl (C=O) groups is 2. The maximum Gasteiger partial charge on any atom is 0.410 e. The van der Waals surface area contributed by atoms with Gasteiger partial charge in [-0.2, -0.15) is 0 Å². The van der Waals surface area contributed by atoms with E-state index in [0.29, 0.717) is 38.4 Å². The molecule has 1 saturated heterocycles. The molecule has 1 aromatic rings. The Morgan fingerprint density at radius 1 is 1.18 bits per heavy atom. The highest BCUT2D eigenvalue weighted by molar-refractivity contribution is 5.79. The van der Waals surface area contributed by atoms with Crippen LogP contribution in [0.25, 0.3) is 0 Å². The van der Waals surface area contributed by atoms with Gasteiger partial charge in [-0.1, -0.05) is 26.0 Å². The molecule has 2 rings (SSSR count). The smallest absolute Gasteiger partial charge is 0.410 e. The van der Waals surface area contributed by atoms with Crippen molar-refractivity contribution in [3.8, 4) is 0 Å². The predicted molar refractivity (Wildman–Crippen MR) is 108 cm³/mol. The van der Waals surface area contributed by atoms with E-state index >= 15 is 0 Å². The van der Waals surface area contributed by atoms with E-state index in [1.54, 1.807) is 17.0 Å². The topological polar surface area (TPSA) is 58.6 Å². The first-order valence-corrected chi connectivity index (χ1v) is 10.1. The Labute approximate surface area is 167 Å². The van der Waals surface area contributed by atoms with Gasteiger partial charge >= 0.3 is 6.09 Å². The van der Waals surface area contributed by atoms with Gasteiger partial charge in [0.15, 0.2) is 0 Å². The zero-order valence-electron chi connectivity index (χ0n) is 17.6. The lowest BCUT2D eigenvalue weighted by molar-refractivity contribution is -0.126. The minimum absolute atomic E-state index is 0.0246. The lowest BCUT2D eigenvalue weighted by Crippen LogP contribution is -2.45. The predicted octanol–water partition coefficient (Wildman–Crippen LogP) is 4.33. The van der Waals surface area contributed by atoms with Gasteiger partial charge in [-0.25, -0.2) is 9.18 Å². The van der Waals surface area contributed by atoms with Crippen LogP contribution in [0.1, 0.15) is 58.9 Å². The van der Waals surface area contributed by atoms with E-state index in [0.717, 1.165) is 5.56 Å². The number of ether oxygens (including phenoxy) is 1. The zero-order valence-corrected chi connectivity index (χ0v) is 17.6. The van der Waals surface area contributed by atoms with Gasteiger partial charge in [0.25, 0.3) is 0 Å². The first kappa shape index (κ1) is 22.2. The summed E-state index contributed by atoms with van der Waals surface area (Å²) in [6.45, 7) is 11.3. The zero-order chi connectivity index (χ0) is 20.9.